The summed E-state index contributed by atoms with van der Waals surface area (Å²) in [6, 6.07) is 15.9. The first kappa shape index (κ1) is 13.2. The van der Waals surface area contributed by atoms with Crippen LogP contribution in [0.25, 0.3) is 11.0 Å². The van der Waals surface area contributed by atoms with E-state index in [2.05, 4.69) is 22.1 Å². The third-order valence-electron chi connectivity index (χ3n) is 3.43. The van der Waals surface area contributed by atoms with Gasteiger partial charge in [0.25, 0.3) is 0 Å². The minimum atomic E-state index is 0.0277. The Balaban J connectivity index is 1.72. The lowest BCUT2D eigenvalue weighted by Gasteiger charge is -2.10. The van der Waals surface area contributed by atoms with Crippen molar-refractivity contribution in [2.75, 3.05) is 0 Å². The quantitative estimate of drug-likeness (QED) is 0.765. The molecule has 102 valence electrons. The molecule has 0 saturated carbocycles. The zero-order valence-electron chi connectivity index (χ0n) is 11.0. The summed E-state index contributed by atoms with van der Waals surface area (Å²) in [5.41, 5.74) is 9.16. The monoisotopic (exact) mass is 285 g/mol. The fourth-order valence-corrected chi connectivity index (χ4v) is 2.54. The number of nitrogens with zero attached hydrogens (tertiary/aromatic N) is 1. The van der Waals surface area contributed by atoms with Gasteiger partial charge in [-0.15, -0.1) is 0 Å². The molecule has 0 aliphatic heterocycles. The molecule has 1 unspecified atom stereocenters. The summed E-state index contributed by atoms with van der Waals surface area (Å²) in [6.45, 7) is 0. The van der Waals surface area contributed by atoms with Crippen LogP contribution in [0.15, 0.2) is 48.5 Å². The molecular formula is C16H16ClN3. The molecule has 20 heavy (non-hydrogen) atoms. The number of aryl methyl sites for hydroxylation is 1. The Labute approximate surface area is 122 Å². The molecular weight excluding hydrogens is 270 g/mol. The predicted molar refractivity (Wildman–Crippen MR) is 82.8 cm³/mol. The average Bonchev–Trinajstić information content (AvgIpc) is 2.90. The van der Waals surface area contributed by atoms with Crippen LogP contribution in [-0.4, -0.2) is 9.97 Å². The van der Waals surface area contributed by atoms with Crippen molar-refractivity contribution in [3.05, 3.63) is 64.9 Å². The van der Waals surface area contributed by atoms with Gasteiger partial charge in [-0.25, -0.2) is 4.98 Å². The standard InChI is InChI=1S/C16H16ClN3/c17-12-7-4-8-14-16(12)20-15(19-14)10-9-13(18)11-5-2-1-3-6-11/h1-8,13H,9-10,18H2,(H,19,20). The van der Waals surface area contributed by atoms with Gasteiger partial charge in [0.1, 0.15) is 11.3 Å². The number of hydrogen-bond donors (Lipinski definition) is 2. The number of hydrogen-bond acceptors (Lipinski definition) is 2. The summed E-state index contributed by atoms with van der Waals surface area (Å²) in [7, 11) is 0. The van der Waals surface area contributed by atoms with Gasteiger partial charge in [-0.2, -0.15) is 0 Å². The molecule has 0 spiro atoms. The molecule has 1 aromatic heterocycles. The van der Waals surface area contributed by atoms with Gasteiger partial charge in [-0.05, 0) is 24.1 Å². The summed E-state index contributed by atoms with van der Waals surface area (Å²) in [4.78, 5) is 7.83. The minimum absolute atomic E-state index is 0.0277. The van der Waals surface area contributed by atoms with Gasteiger partial charge in [-0.3, -0.25) is 0 Å². The van der Waals surface area contributed by atoms with Crippen LogP contribution in [-0.2, 0) is 6.42 Å². The van der Waals surface area contributed by atoms with Crippen LogP contribution in [0, 0.1) is 0 Å². The number of nitrogens with two attached hydrogens (primary N) is 1. The maximum absolute atomic E-state index is 6.20. The molecule has 0 fully saturated rings. The number of nitrogens with one attached hydrogen (secondary N) is 1. The number of fused-ring (bicyclic) bond motifs is 1. The summed E-state index contributed by atoms with van der Waals surface area (Å²) in [6.07, 6.45) is 1.66. The lowest BCUT2D eigenvalue weighted by Crippen LogP contribution is -2.11. The van der Waals surface area contributed by atoms with E-state index in [4.69, 9.17) is 17.3 Å². The zero-order chi connectivity index (χ0) is 13.9. The molecule has 3 N–H and O–H groups in total. The lowest BCUT2D eigenvalue weighted by atomic mass is 10.0. The minimum Gasteiger partial charge on any atom is -0.342 e. The second-order valence-corrected chi connectivity index (χ2v) is 5.28. The SMILES string of the molecule is NC(CCc1nc2c(Cl)cccc2[nH]1)c1ccccc1. The maximum atomic E-state index is 6.20. The Morgan fingerprint density at radius 2 is 1.90 bits per heavy atom. The van der Waals surface area contributed by atoms with Gasteiger partial charge in [0, 0.05) is 12.5 Å². The van der Waals surface area contributed by atoms with Crippen LogP contribution in [0.1, 0.15) is 23.9 Å². The highest BCUT2D eigenvalue weighted by Gasteiger charge is 2.09. The molecule has 3 nitrogen and oxygen atoms in total. The first-order valence-corrected chi connectivity index (χ1v) is 7.05. The second-order valence-electron chi connectivity index (χ2n) is 4.88. The smallest absolute Gasteiger partial charge is 0.107 e. The van der Waals surface area contributed by atoms with Gasteiger partial charge in [-0.1, -0.05) is 48.0 Å². The van der Waals surface area contributed by atoms with E-state index in [0.717, 1.165) is 35.3 Å². The highest BCUT2D eigenvalue weighted by Crippen LogP contribution is 2.22. The van der Waals surface area contributed by atoms with Crippen molar-refractivity contribution in [3.63, 3.8) is 0 Å². The highest BCUT2D eigenvalue weighted by molar-refractivity contribution is 6.34. The molecule has 3 aromatic rings. The van der Waals surface area contributed by atoms with Gasteiger partial charge >= 0.3 is 0 Å². The fraction of sp³-hybridized carbons (Fsp3) is 0.188. The van der Waals surface area contributed by atoms with E-state index in [1.165, 1.54) is 0 Å². The molecule has 4 heteroatoms. The van der Waals surface area contributed by atoms with Crippen molar-refractivity contribution >= 4 is 22.6 Å². The Kier molecular flexibility index (Phi) is 3.72. The number of para-hydroxylation sites is 1. The summed E-state index contributed by atoms with van der Waals surface area (Å²) in [5.74, 6) is 0.930. The number of H-pyrrole nitrogens is 1. The molecule has 0 amide bonds. The topological polar surface area (TPSA) is 54.7 Å². The van der Waals surface area contributed by atoms with Crippen molar-refractivity contribution in [3.8, 4) is 0 Å². The van der Waals surface area contributed by atoms with Crippen LogP contribution >= 0.6 is 11.6 Å². The zero-order valence-corrected chi connectivity index (χ0v) is 11.8. The van der Waals surface area contributed by atoms with E-state index in [0.29, 0.717) is 5.02 Å². The lowest BCUT2D eigenvalue weighted by molar-refractivity contribution is 0.639. The van der Waals surface area contributed by atoms with Crippen LogP contribution in [0.4, 0.5) is 0 Å². The normalized spacial score (nSPS) is 12.7. The van der Waals surface area contributed by atoms with Gasteiger partial charge < -0.3 is 10.7 Å². The Morgan fingerprint density at radius 1 is 1.10 bits per heavy atom. The summed E-state index contributed by atoms with van der Waals surface area (Å²) >= 11 is 6.12. The van der Waals surface area contributed by atoms with Crippen LogP contribution in [0.2, 0.25) is 5.02 Å². The maximum Gasteiger partial charge on any atom is 0.107 e. The van der Waals surface area contributed by atoms with Gasteiger partial charge in [0.15, 0.2) is 0 Å². The molecule has 3 rings (SSSR count). The predicted octanol–water partition coefficient (Wildman–Crippen LogP) is 3.85. The molecule has 0 aliphatic carbocycles. The molecule has 0 bridgehead atoms. The third kappa shape index (κ3) is 2.69. The van der Waals surface area contributed by atoms with E-state index in [9.17, 15) is 0 Å². The van der Waals surface area contributed by atoms with Crippen molar-refractivity contribution in [2.45, 2.75) is 18.9 Å². The Bertz CT molecular complexity index is 706. The molecule has 1 atom stereocenters. The van der Waals surface area contributed by atoms with Crippen LogP contribution < -0.4 is 5.73 Å². The number of aromatic nitrogens is 2. The molecule has 2 aromatic carbocycles. The van der Waals surface area contributed by atoms with Crippen molar-refractivity contribution < 1.29 is 0 Å². The fourth-order valence-electron chi connectivity index (χ4n) is 2.33. The molecule has 0 radical (unpaired) electrons. The van der Waals surface area contributed by atoms with Gasteiger partial charge in [0.2, 0.25) is 0 Å². The van der Waals surface area contributed by atoms with Crippen LogP contribution in [0.5, 0.6) is 0 Å². The Hall–Kier alpha value is -1.84. The van der Waals surface area contributed by atoms with Crippen molar-refractivity contribution in [1.82, 2.24) is 9.97 Å². The summed E-state index contributed by atoms with van der Waals surface area (Å²) in [5, 5.41) is 0.678. The van der Waals surface area contributed by atoms with E-state index < -0.39 is 0 Å². The van der Waals surface area contributed by atoms with Gasteiger partial charge in [0.05, 0.1) is 10.5 Å². The second kappa shape index (κ2) is 5.65. The van der Waals surface area contributed by atoms with E-state index in [1.807, 2.05) is 36.4 Å². The van der Waals surface area contributed by atoms with Crippen molar-refractivity contribution in [2.24, 2.45) is 5.73 Å². The number of imidazole rings is 1. The largest absolute Gasteiger partial charge is 0.342 e. The molecule has 0 aliphatic rings. The number of halogens is 1. The van der Waals surface area contributed by atoms with Crippen molar-refractivity contribution in [1.29, 1.82) is 0 Å². The first-order valence-electron chi connectivity index (χ1n) is 6.67. The number of rotatable bonds is 4. The molecule has 1 heterocycles. The number of benzene rings is 2. The van der Waals surface area contributed by atoms with E-state index in [1.54, 1.807) is 0 Å². The Morgan fingerprint density at radius 3 is 2.65 bits per heavy atom. The van der Waals surface area contributed by atoms with E-state index >= 15 is 0 Å². The first-order chi connectivity index (χ1) is 9.74. The average molecular weight is 286 g/mol. The summed E-state index contributed by atoms with van der Waals surface area (Å²) < 4.78 is 0. The number of aromatic amines is 1. The highest BCUT2D eigenvalue weighted by atomic mass is 35.5. The molecule has 0 saturated heterocycles. The van der Waals surface area contributed by atoms with Crippen LogP contribution in [0.3, 0.4) is 0 Å². The van der Waals surface area contributed by atoms with E-state index in [-0.39, 0.29) is 6.04 Å². The third-order valence-corrected chi connectivity index (χ3v) is 3.74.